The number of nitrogens with one attached hydrogen (secondary N) is 1. The number of allylic oxidation sites excluding steroid dienone is 3. The molecule has 1 aliphatic rings. The Bertz CT molecular complexity index is 839. The lowest BCUT2D eigenvalue weighted by molar-refractivity contribution is 0.0954. The second kappa shape index (κ2) is 7.97. The summed E-state index contributed by atoms with van der Waals surface area (Å²) in [5.41, 5.74) is 4.80. The number of benzene rings is 2. The fourth-order valence-corrected chi connectivity index (χ4v) is 2.20. The van der Waals surface area contributed by atoms with Gasteiger partial charge in [0.2, 0.25) is 6.79 Å². The second-order valence-corrected chi connectivity index (χ2v) is 5.39. The zero-order chi connectivity index (χ0) is 17.5. The first kappa shape index (κ1) is 16.5. The first-order chi connectivity index (χ1) is 12.2. The van der Waals surface area contributed by atoms with E-state index < -0.39 is 0 Å². The summed E-state index contributed by atoms with van der Waals surface area (Å²) in [4.78, 5) is 12.1. The molecule has 0 aliphatic carbocycles. The fourth-order valence-electron chi connectivity index (χ4n) is 2.20. The summed E-state index contributed by atoms with van der Waals surface area (Å²) in [5, 5.41) is 4.06. The van der Waals surface area contributed by atoms with Crippen molar-refractivity contribution in [3.05, 3.63) is 77.9 Å². The Labute approximate surface area is 146 Å². The van der Waals surface area contributed by atoms with E-state index in [1.807, 2.05) is 61.6 Å². The molecule has 0 bridgehead atoms. The Hall–Kier alpha value is -3.34. The predicted molar refractivity (Wildman–Crippen MR) is 97.8 cm³/mol. The summed E-state index contributed by atoms with van der Waals surface area (Å²) in [7, 11) is 0. The monoisotopic (exact) mass is 334 g/mol. The number of ether oxygens (including phenoxy) is 2. The first-order valence-electron chi connectivity index (χ1n) is 7.86. The molecule has 1 amide bonds. The normalized spacial score (nSPS) is 13.6. The molecule has 2 aromatic carbocycles. The first-order valence-corrected chi connectivity index (χ1v) is 7.86. The summed E-state index contributed by atoms with van der Waals surface area (Å²) < 4.78 is 10.5. The van der Waals surface area contributed by atoms with Gasteiger partial charge in [0.05, 0.1) is 5.71 Å². The van der Waals surface area contributed by atoms with Gasteiger partial charge in [0.1, 0.15) is 0 Å². The maximum absolute atomic E-state index is 12.1. The van der Waals surface area contributed by atoms with Crippen LogP contribution in [0.15, 0.2) is 71.9 Å². The number of amides is 1. The summed E-state index contributed by atoms with van der Waals surface area (Å²) in [6.07, 6.45) is 7.61. The number of hydrogen-bond donors (Lipinski definition) is 1. The third kappa shape index (κ3) is 4.57. The van der Waals surface area contributed by atoms with Gasteiger partial charge in [-0.15, -0.1) is 0 Å². The van der Waals surface area contributed by atoms with Crippen LogP contribution in [-0.2, 0) is 0 Å². The van der Waals surface area contributed by atoms with E-state index in [2.05, 4.69) is 10.5 Å². The average Bonchev–Trinajstić information content (AvgIpc) is 3.12. The molecule has 1 aliphatic heterocycles. The molecule has 1 heterocycles. The molecule has 0 saturated heterocycles. The SMILES string of the molecule is CC(C=CC=Cc1ccccc1)=NNC(=O)c1ccc2c(c1)OCO2. The summed E-state index contributed by atoms with van der Waals surface area (Å²) >= 11 is 0. The van der Waals surface area contributed by atoms with Crippen LogP contribution in [0.25, 0.3) is 6.08 Å². The van der Waals surface area contributed by atoms with Crippen LogP contribution < -0.4 is 14.9 Å². The topological polar surface area (TPSA) is 59.9 Å². The Kier molecular flexibility index (Phi) is 5.26. The molecule has 0 saturated carbocycles. The molecule has 2 aromatic rings. The summed E-state index contributed by atoms with van der Waals surface area (Å²) in [6.45, 7) is 1.99. The van der Waals surface area contributed by atoms with E-state index in [0.717, 1.165) is 5.56 Å². The number of carbonyl (C=O) groups is 1. The highest BCUT2D eigenvalue weighted by Gasteiger charge is 2.15. The Morgan fingerprint density at radius 1 is 1.08 bits per heavy atom. The van der Waals surface area contributed by atoms with Crippen LogP contribution in [0.3, 0.4) is 0 Å². The molecule has 25 heavy (non-hydrogen) atoms. The van der Waals surface area contributed by atoms with Crippen molar-refractivity contribution in [1.82, 2.24) is 5.43 Å². The van der Waals surface area contributed by atoms with Gasteiger partial charge in [0, 0.05) is 5.56 Å². The van der Waals surface area contributed by atoms with Crippen molar-refractivity contribution in [2.75, 3.05) is 6.79 Å². The number of carbonyl (C=O) groups excluding carboxylic acids is 1. The number of rotatable bonds is 5. The van der Waals surface area contributed by atoms with Gasteiger partial charge >= 0.3 is 0 Å². The van der Waals surface area contributed by atoms with E-state index >= 15 is 0 Å². The van der Waals surface area contributed by atoms with E-state index in [-0.39, 0.29) is 12.7 Å². The number of hydrogen-bond acceptors (Lipinski definition) is 4. The van der Waals surface area contributed by atoms with Gasteiger partial charge in [-0.05, 0) is 36.8 Å². The van der Waals surface area contributed by atoms with Crippen LogP contribution in [0.1, 0.15) is 22.8 Å². The highest BCUT2D eigenvalue weighted by atomic mass is 16.7. The van der Waals surface area contributed by atoms with Crippen LogP contribution in [0.4, 0.5) is 0 Å². The van der Waals surface area contributed by atoms with Crippen molar-refractivity contribution in [1.29, 1.82) is 0 Å². The quantitative estimate of drug-likeness (QED) is 0.514. The smallest absolute Gasteiger partial charge is 0.271 e. The van der Waals surface area contributed by atoms with Crippen LogP contribution in [0.5, 0.6) is 11.5 Å². The summed E-state index contributed by atoms with van der Waals surface area (Å²) in [6, 6.07) is 15.0. The molecule has 5 nitrogen and oxygen atoms in total. The molecular formula is C20H18N2O3. The molecule has 0 spiro atoms. The maximum Gasteiger partial charge on any atom is 0.271 e. The van der Waals surface area contributed by atoms with Gasteiger partial charge in [0.25, 0.3) is 5.91 Å². The molecule has 5 heteroatoms. The van der Waals surface area contributed by atoms with Crippen molar-refractivity contribution >= 4 is 17.7 Å². The van der Waals surface area contributed by atoms with Gasteiger partial charge in [-0.1, -0.05) is 48.6 Å². The molecule has 0 aromatic heterocycles. The van der Waals surface area contributed by atoms with Gasteiger partial charge in [-0.3, -0.25) is 4.79 Å². The molecule has 0 radical (unpaired) electrons. The van der Waals surface area contributed by atoms with Crippen molar-refractivity contribution < 1.29 is 14.3 Å². The highest BCUT2D eigenvalue weighted by Crippen LogP contribution is 2.32. The number of nitrogens with zero attached hydrogens (tertiary/aromatic N) is 1. The standard InChI is InChI=1S/C20H18N2O3/c1-15(7-5-6-10-16-8-3-2-4-9-16)21-22-20(23)17-11-12-18-19(13-17)25-14-24-18/h2-13H,14H2,1H3,(H,22,23). The van der Waals surface area contributed by atoms with E-state index in [0.29, 0.717) is 22.8 Å². The predicted octanol–water partition coefficient (Wildman–Crippen LogP) is 3.79. The Balaban J connectivity index is 1.55. The second-order valence-electron chi connectivity index (χ2n) is 5.39. The van der Waals surface area contributed by atoms with E-state index in [9.17, 15) is 4.79 Å². The number of hydrazone groups is 1. The minimum Gasteiger partial charge on any atom is -0.454 e. The fraction of sp³-hybridized carbons (Fsp3) is 0.100. The Morgan fingerprint density at radius 3 is 2.72 bits per heavy atom. The van der Waals surface area contributed by atoms with E-state index in [4.69, 9.17) is 9.47 Å². The van der Waals surface area contributed by atoms with Gasteiger partial charge in [-0.2, -0.15) is 5.10 Å². The van der Waals surface area contributed by atoms with Crippen LogP contribution in [-0.4, -0.2) is 18.4 Å². The largest absolute Gasteiger partial charge is 0.454 e. The van der Waals surface area contributed by atoms with Crippen molar-refractivity contribution in [3.8, 4) is 11.5 Å². The summed E-state index contributed by atoms with van der Waals surface area (Å²) in [5.74, 6) is 0.912. The minimum atomic E-state index is -0.300. The lowest BCUT2D eigenvalue weighted by Crippen LogP contribution is -2.18. The molecular weight excluding hydrogens is 316 g/mol. The molecule has 0 fully saturated rings. The third-order valence-electron chi connectivity index (χ3n) is 3.51. The van der Waals surface area contributed by atoms with E-state index in [1.54, 1.807) is 18.2 Å². The molecule has 0 unspecified atom stereocenters. The Morgan fingerprint density at radius 2 is 1.88 bits per heavy atom. The van der Waals surface area contributed by atoms with Crippen LogP contribution in [0.2, 0.25) is 0 Å². The van der Waals surface area contributed by atoms with Gasteiger partial charge < -0.3 is 9.47 Å². The zero-order valence-electron chi connectivity index (χ0n) is 13.8. The van der Waals surface area contributed by atoms with Gasteiger partial charge in [0.15, 0.2) is 11.5 Å². The average molecular weight is 334 g/mol. The van der Waals surface area contributed by atoms with Gasteiger partial charge in [-0.25, -0.2) is 5.43 Å². The van der Waals surface area contributed by atoms with Crippen molar-refractivity contribution in [2.24, 2.45) is 5.10 Å². The van der Waals surface area contributed by atoms with E-state index in [1.165, 1.54) is 0 Å². The van der Waals surface area contributed by atoms with Crippen LogP contribution in [0, 0.1) is 0 Å². The lowest BCUT2D eigenvalue weighted by Gasteiger charge is -2.02. The third-order valence-corrected chi connectivity index (χ3v) is 3.51. The maximum atomic E-state index is 12.1. The minimum absolute atomic E-state index is 0.180. The number of fused-ring (bicyclic) bond motifs is 1. The van der Waals surface area contributed by atoms with Crippen LogP contribution >= 0.6 is 0 Å². The zero-order valence-corrected chi connectivity index (χ0v) is 13.8. The molecule has 1 N–H and O–H groups in total. The molecule has 3 rings (SSSR count). The van der Waals surface area contributed by atoms with Crippen molar-refractivity contribution in [3.63, 3.8) is 0 Å². The molecule has 126 valence electrons. The molecule has 0 atom stereocenters. The highest BCUT2D eigenvalue weighted by molar-refractivity contribution is 5.98. The van der Waals surface area contributed by atoms with Crippen molar-refractivity contribution in [2.45, 2.75) is 6.92 Å². The lowest BCUT2D eigenvalue weighted by atomic mass is 10.2.